The van der Waals surface area contributed by atoms with Crippen molar-refractivity contribution in [1.82, 2.24) is 5.32 Å². The minimum absolute atomic E-state index is 0.00706. The summed E-state index contributed by atoms with van der Waals surface area (Å²) in [7, 11) is 0. The van der Waals surface area contributed by atoms with Crippen LogP contribution in [0, 0.1) is 0 Å². The number of halogens is 4. The van der Waals surface area contributed by atoms with Crippen LogP contribution in [0.25, 0.3) is 0 Å². The molecule has 1 aromatic carbocycles. The standard InChI is InChI=1S/C11H12Cl2F2N2O2/c12-7-3-6(4-8(16)10(7)13)11(18)17-1-2-19-5-9(14)15/h3-4,9H,1-2,5,16H2,(H,17,18). The summed E-state index contributed by atoms with van der Waals surface area (Å²) in [4.78, 5) is 11.7. The predicted octanol–water partition coefficient (Wildman–Crippen LogP) is 2.59. The monoisotopic (exact) mass is 312 g/mol. The van der Waals surface area contributed by atoms with E-state index < -0.39 is 18.9 Å². The summed E-state index contributed by atoms with van der Waals surface area (Å²) in [5.41, 5.74) is 5.99. The third-order valence-electron chi connectivity index (χ3n) is 2.09. The van der Waals surface area contributed by atoms with Gasteiger partial charge in [0.1, 0.15) is 6.61 Å². The fourth-order valence-corrected chi connectivity index (χ4v) is 1.59. The van der Waals surface area contributed by atoms with Crippen molar-refractivity contribution in [3.63, 3.8) is 0 Å². The Balaban J connectivity index is 2.46. The number of nitrogens with one attached hydrogen (secondary N) is 1. The highest BCUT2D eigenvalue weighted by atomic mass is 35.5. The molecular formula is C11H12Cl2F2N2O2. The van der Waals surface area contributed by atoms with Crippen LogP contribution >= 0.6 is 23.2 Å². The second-order valence-electron chi connectivity index (χ2n) is 3.58. The van der Waals surface area contributed by atoms with E-state index in [0.29, 0.717) is 0 Å². The fourth-order valence-electron chi connectivity index (χ4n) is 1.25. The summed E-state index contributed by atoms with van der Waals surface area (Å²) in [5, 5.41) is 2.83. The van der Waals surface area contributed by atoms with Crippen LogP contribution in [0.3, 0.4) is 0 Å². The number of rotatable bonds is 6. The van der Waals surface area contributed by atoms with Crippen LogP contribution in [-0.2, 0) is 4.74 Å². The van der Waals surface area contributed by atoms with Crippen LogP contribution in [0.2, 0.25) is 10.0 Å². The first-order chi connectivity index (χ1) is 8.91. The van der Waals surface area contributed by atoms with Crippen molar-refractivity contribution in [3.05, 3.63) is 27.7 Å². The van der Waals surface area contributed by atoms with Gasteiger partial charge in [0.2, 0.25) is 0 Å². The fraction of sp³-hybridized carbons (Fsp3) is 0.364. The van der Waals surface area contributed by atoms with Crippen LogP contribution in [0.4, 0.5) is 14.5 Å². The van der Waals surface area contributed by atoms with Crippen LogP contribution in [-0.4, -0.2) is 32.1 Å². The van der Waals surface area contributed by atoms with Crippen molar-refractivity contribution in [2.24, 2.45) is 0 Å². The lowest BCUT2D eigenvalue weighted by Crippen LogP contribution is -2.27. The SMILES string of the molecule is Nc1cc(C(=O)NCCOCC(F)F)cc(Cl)c1Cl. The lowest BCUT2D eigenvalue weighted by atomic mass is 10.2. The highest BCUT2D eigenvalue weighted by Gasteiger charge is 2.11. The number of nitrogen functional groups attached to an aromatic ring is 1. The Bertz CT molecular complexity index is 435. The number of hydrogen-bond acceptors (Lipinski definition) is 3. The van der Waals surface area contributed by atoms with Gasteiger partial charge in [-0.2, -0.15) is 0 Å². The van der Waals surface area contributed by atoms with Gasteiger partial charge in [-0.05, 0) is 12.1 Å². The number of anilines is 1. The summed E-state index contributed by atoms with van der Waals surface area (Å²) in [6.07, 6.45) is -2.52. The maximum Gasteiger partial charge on any atom is 0.261 e. The molecule has 0 radical (unpaired) electrons. The van der Waals surface area contributed by atoms with E-state index in [1.807, 2.05) is 0 Å². The van der Waals surface area contributed by atoms with Gasteiger partial charge in [0.25, 0.3) is 12.3 Å². The number of carbonyl (C=O) groups excluding carboxylic acids is 1. The number of amides is 1. The molecule has 0 aliphatic heterocycles. The molecule has 1 rings (SSSR count). The minimum atomic E-state index is -2.52. The van der Waals surface area contributed by atoms with Crippen LogP contribution in [0.15, 0.2) is 12.1 Å². The van der Waals surface area contributed by atoms with Crippen molar-refractivity contribution in [3.8, 4) is 0 Å². The number of benzene rings is 1. The number of ether oxygens (including phenoxy) is 1. The zero-order valence-electron chi connectivity index (χ0n) is 9.76. The summed E-state index contributed by atoms with van der Waals surface area (Å²) < 4.78 is 28.1. The number of carbonyl (C=O) groups is 1. The zero-order chi connectivity index (χ0) is 14.4. The minimum Gasteiger partial charge on any atom is -0.397 e. The Kier molecular flexibility index (Phi) is 6.27. The molecule has 0 heterocycles. The molecule has 19 heavy (non-hydrogen) atoms. The number of hydrogen-bond donors (Lipinski definition) is 2. The molecule has 0 saturated carbocycles. The Morgan fingerprint density at radius 1 is 1.42 bits per heavy atom. The van der Waals surface area contributed by atoms with Gasteiger partial charge in [0.15, 0.2) is 0 Å². The molecule has 0 spiro atoms. The van der Waals surface area contributed by atoms with Crippen LogP contribution in [0.5, 0.6) is 0 Å². The molecule has 0 aromatic heterocycles. The first kappa shape index (κ1) is 15.9. The summed E-state index contributed by atoms with van der Waals surface area (Å²) >= 11 is 11.5. The molecule has 0 atom stereocenters. The highest BCUT2D eigenvalue weighted by Crippen LogP contribution is 2.29. The molecule has 0 aliphatic carbocycles. The first-order valence-corrected chi connectivity index (χ1v) is 6.06. The van der Waals surface area contributed by atoms with E-state index in [4.69, 9.17) is 28.9 Å². The van der Waals surface area contributed by atoms with Crippen LogP contribution < -0.4 is 11.1 Å². The number of alkyl halides is 2. The first-order valence-electron chi connectivity index (χ1n) is 5.30. The van der Waals surface area contributed by atoms with Gasteiger partial charge in [-0.3, -0.25) is 4.79 Å². The average Bonchev–Trinajstić information content (AvgIpc) is 2.34. The van der Waals surface area contributed by atoms with E-state index >= 15 is 0 Å². The summed E-state index contributed by atoms with van der Waals surface area (Å²) in [6.45, 7) is -0.561. The van der Waals surface area contributed by atoms with E-state index in [1.165, 1.54) is 12.1 Å². The second-order valence-corrected chi connectivity index (χ2v) is 4.37. The lowest BCUT2D eigenvalue weighted by molar-refractivity contribution is 0.0188. The molecule has 3 N–H and O–H groups in total. The van der Waals surface area contributed by atoms with Gasteiger partial charge in [-0.1, -0.05) is 23.2 Å². The topological polar surface area (TPSA) is 64.4 Å². The van der Waals surface area contributed by atoms with E-state index in [1.54, 1.807) is 0 Å². The third-order valence-corrected chi connectivity index (χ3v) is 2.91. The molecule has 0 aliphatic rings. The molecule has 0 unspecified atom stereocenters. The predicted molar refractivity (Wildman–Crippen MR) is 70.0 cm³/mol. The Hall–Kier alpha value is -1.11. The largest absolute Gasteiger partial charge is 0.397 e. The average molecular weight is 313 g/mol. The zero-order valence-corrected chi connectivity index (χ0v) is 11.3. The van der Waals surface area contributed by atoms with Crippen molar-refractivity contribution >= 4 is 34.8 Å². The molecule has 0 bridgehead atoms. The second kappa shape index (κ2) is 7.47. The van der Waals surface area contributed by atoms with E-state index in [-0.39, 0.29) is 34.4 Å². The molecule has 8 heteroatoms. The van der Waals surface area contributed by atoms with E-state index in [9.17, 15) is 13.6 Å². The van der Waals surface area contributed by atoms with Crippen molar-refractivity contribution in [2.45, 2.75) is 6.43 Å². The smallest absolute Gasteiger partial charge is 0.261 e. The Morgan fingerprint density at radius 2 is 2.11 bits per heavy atom. The molecule has 106 valence electrons. The molecule has 1 amide bonds. The Morgan fingerprint density at radius 3 is 2.68 bits per heavy atom. The van der Waals surface area contributed by atoms with Crippen molar-refractivity contribution < 1.29 is 18.3 Å². The molecule has 1 aromatic rings. The third kappa shape index (κ3) is 5.18. The van der Waals surface area contributed by atoms with Crippen LogP contribution in [0.1, 0.15) is 10.4 Å². The quantitative estimate of drug-likeness (QED) is 0.627. The lowest BCUT2D eigenvalue weighted by Gasteiger charge is -2.08. The molecule has 4 nitrogen and oxygen atoms in total. The molecule has 0 fully saturated rings. The van der Waals surface area contributed by atoms with Gasteiger partial charge in [0.05, 0.1) is 22.3 Å². The number of nitrogens with two attached hydrogens (primary N) is 1. The van der Waals surface area contributed by atoms with E-state index in [0.717, 1.165) is 0 Å². The van der Waals surface area contributed by atoms with Crippen molar-refractivity contribution in [2.75, 3.05) is 25.5 Å². The van der Waals surface area contributed by atoms with Gasteiger partial charge < -0.3 is 15.8 Å². The van der Waals surface area contributed by atoms with E-state index in [2.05, 4.69) is 10.1 Å². The highest BCUT2D eigenvalue weighted by molar-refractivity contribution is 6.43. The maximum absolute atomic E-state index is 11.8. The van der Waals surface area contributed by atoms with Gasteiger partial charge in [-0.25, -0.2) is 8.78 Å². The summed E-state index contributed by atoms with van der Waals surface area (Å²) in [5.74, 6) is -0.439. The molecule has 0 saturated heterocycles. The van der Waals surface area contributed by atoms with Gasteiger partial charge in [0, 0.05) is 12.1 Å². The van der Waals surface area contributed by atoms with Gasteiger partial charge in [-0.15, -0.1) is 0 Å². The van der Waals surface area contributed by atoms with Crippen molar-refractivity contribution in [1.29, 1.82) is 0 Å². The molecular weight excluding hydrogens is 301 g/mol. The maximum atomic E-state index is 11.8. The summed E-state index contributed by atoms with van der Waals surface area (Å²) in [6, 6.07) is 2.75. The Labute approximate surface area is 118 Å². The van der Waals surface area contributed by atoms with Gasteiger partial charge >= 0.3 is 0 Å². The normalized spacial score (nSPS) is 10.8.